The van der Waals surface area contributed by atoms with E-state index in [4.69, 9.17) is 5.11 Å². The Labute approximate surface area is 103 Å². The maximum Gasteiger partial charge on any atom is 0.337 e. The van der Waals surface area contributed by atoms with E-state index in [-0.39, 0.29) is 5.56 Å². The van der Waals surface area contributed by atoms with Gasteiger partial charge in [0.15, 0.2) is 0 Å². The Bertz CT molecular complexity index is 500. The number of carboxylic acids is 1. The molecule has 0 aliphatic heterocycles. The number of nitrogens with zero attached hydrogens (tertiary/aromatic N) is 2. The second-order valence-corrected chi connectivity index (χ2v) is 4.36. The summed E-state index contributed by atoms with van der Waals surface area (Å²) in [5, 5.41) is 8.73. The van der Waals surface area contributed by atoms with Crippen LogP contribution in [0.1, 0.15) is 16.1 Å². The molecule has 0 saturated heterocycles. The van der Waals surface area contributed by atoms with Crippen LogP contribution in [0, 0.1) is 0 Å². The van der Waals surface area contributed by atoms with E-state index in [2.05, 4.69) is 9.97 Å². The third kappa shape index (κ3) is 3.29. The summed E-state index contributed by atoms with van der Waals surface area (Å²) in [6.45, 7) is 0. The minimum Gasteiger partial charge on any atom is -0.478 e. The minimum absolute atomic E-state index is 0.211. The van der Waals surface area contributed by atoms with Crippen LogP contribution in [0.2, 0.25) is 0 Å². The standard InChI is InChI=1S/C12H10N2O2S/c15-12(16)9-1-2-10(14-7-9)8-17-11-3-5-13-6-4-11/h1-7H,8H2,(H,15,16). The van der Waals surface area contributed by atoms with Crippen LogP contribution in [-0.2, 0) is 5.75 Å². The predicted molar refractivity (Wildman–Crippen MR) is 65.0 cm³/mol. The lowest BCUT2D eigenvalue weighted by atomic mass is 10.2. The van der Waals surface area contributed by atoms with E-state index in [1.165, 1.54) is 6.20 Å². The van der Waals surface area contributed by atoms with Crippen LogP contribution in [0.4, 0.5) is 0 Å². The molecule has 0 aliphatic carbocycles. The van der Waals surface area contributed by atoms with Crippen LogP contribution in [0.3, 0.4) is 0 Å². The Kier molecular flexibility index (Phi) is 3.72. The molecule has 1 N–H and O–H groups in total. The van der Waals surface area contributed by atoms with E-state index in [0.29, 0.717) is 5.75 Å². The molecule has 0 atom stereocenters. The van der Waals surface area contributed by atoms with Gasteiger partial charge in [-0.1, -0.05) is 0 Å². The van der Waals surface area contributed by atoms with Crippen molar-refractivity contribution >= 4 is 17.7 Å². The molecule has 17 heavy (non-hydrogen) atoms. The maximum absolute atomic E-state index is 10.6. The van der Waals surface area contributed by atoms with Crippen molar-refractivity contribution in [3.8, 4) is 0 Å². The highest BCUT2D eigenvalue weighted by Crippen LogP contribution is 2.20. The molecule has 2 heterocycles. The first kappa shape index (κ1) is 11.6. The average molecular weight is 246 g/mol. The average Bonchev–Trinajstić information content (AvgIpc) is 2.38. The Morgan fingerprint density at radius 1 is 1.24 bits per heavy atom. The molecule has 2 aromatic heterocycles. The number of aromatic nitrogens is 2. The Morgan fingerprint density at radius 3 is 2.59 bits per heavy atom. The van der Waals surface area contributed by atoms with Gasteiger partial charge in [0.1, 0.15) is 0 Å². The fourth-order valence-electron chi connectivity index (χ4n) is 1.23. The summed E-state index contributed by atoms with van der Waals surface area (Å²) in [6, 6.07) is 7.15. The molecule has 0 aliphatic rings. The molecule has 0 unspecified atom stereocenters. The monoisotopic (exact) mass is 246 g/mol. The van der Waals surface area contributed by atoms with Gasteiger partial charge in [-0.2, -0.15) is 0 Å². The zero-order chi connectivity index (χ0) is 12.1. The zero-order valence-electron chi connectivity index (χ0n) is 8.91. The highest BCUT2D eigenvalue weighted by Gasteiger charge is 2.03. The molecule has 4 nitrogen and oxygen atoms in total. The van der Waals surface area contributed by atoms with E-state index in [1.54, 1.807) is 36.3 Å². The van der Waals surface area contributed by atoms with Gasteiger partial charge in [0.25, 0.3) is 0 Å². The maximum atomic E-state index is 10.6. The van der Waals surface area contributed by atoms with E-state index in [1.807, 2.05) is 12.1 Å². The van der Waals surface area contributed by atoms with E-state index >= 15 is 0 Å². The quantitative estimate of drug-likeness (QED) is 0.839. The second kappa shape index (κ2) is 5.45. The van der Waals surface area contributed by atoms with Gasteiger partial charge in [-0.3, -0.25) is 9.97 Å². The number of carbonyl (C=O) groups is 1. The summed E-state index contributed by atoms with van der Waals surface area (Å²) in [5.41, 5.74) is 1.07. The van der Waals surface area contributed by atoms with Gasteiger partial charge in [-0.25, -0.2) is 4.79 Å². The van der Waals surface area contributed by atoms with Gasteiger partial charge in [-0.15, -0.1) is 11.8 Å². The van der Waals surface area contributed by atoms with Crippen molar-refractivity contribution in [1.82, 2.24) is 9.97 Å². The van der Waals surface area contributed by atoms with Crippen molar-refractivity contribution in [2.75, 3.05) is 0 Å². The molecule has 0 saturated carbocycles. The molecular weight excluding hydrogens is 236 g/mol. The molecule has 0 spiro atoms. The molecule has 0 bridgehead atoms. The lowest BCUT2D eigenvalue weighted by Crippen LogP contribution is -1.97. The van der Waals surface area contributed by atoms with Gasteiger partial charge in [0, 0.05) is 29.2 Å². The second-order valence-electron chi connectivity index (χ2n) is 3.31. The topological polar surface area (TPSA) is 63.1 Å². The Morgan fingerprint density at radius 2 is 2.00 bits per heavy atom. The summed E-state index contributed by atoms with van der Waals surface area (Å²) in [6.07, 6.45) is 4.86. The number of pyridine rings is 2. The predicted octanol–water partition coefficient (Wildman–Crippen LogP) is 2.47. The molecule has 5 heteroatoms. The minimum atomic E-state index is -0.953. The molecule has 0 amide bonds. The lowest BCUT2D eigenvalue weighted by Gasteiger charge is -2.01. The normalized spacial score (nSPS) is 10.1. The van der Waals surface area contributed by atoms with E-state index < -0.39 is 5.97 Å². The SMILES string of the molecule is O=C(O)c1ccc(CSc2ccncc2)nc1. The highest BCUT2D eigenvalue weighted by molar-refractivity contribution is 7.98. The van der Waals surface area contributed by atoms with Crippen LogP contribution in [0.15, 0.2) is 47.8 Å². The van der Waals surface area contributed by atoms with Gasteiger partial charge in [0.2, 0.25) is 0 Å². The van der Waals surface area contributed by atoms with Crippen LogP contribution in [0.25, 0.3) is 0 Å². The summed E-state index contributed by atoms with van der Waals surface area (Å²) >= 11 is 1.64. The van der Waals surface area contributed by atoms with Crippen molar-refractivity contribution < 1.29 is 9.90 Å². The van der Waals surface area contributed by atoms with Crippen molar-refractivity contribution in [3.63, 3.8) is 0 Å². The fraction of sp³-hybridized carbons (Fsp3) is 0.0833. The van der Waals surface area contributed by atoms with Crippen LogP contribution < -0.4 is 0 Å². The summed E-state index contributed by atoms with van der Waals surface area (Å²) < 4.78 is 0. The van der Waals surface area contributed by atoms with Crippen molar-refractivity contribution in [3.05, 3.63) is 54.1 Å². The van der Waals surface area contributed by atoms with Crippen LogP contribution >= 0.6 is 11.8 Å². The van der Waals surface area contributed by atoms with Gasteiger partial charge in [0.05, 0.1) is 11.3 Å². The number of rotatable bonds is 4. The largest absolute Gasteiger partial charge is 0.478 e. The van der Waals surface area contributed by atoms with Gasteiger partial charge < -0.3 is 5.11 Å². The van der Waals surface area contributed by atoms with Gasteiger partial charge >= 0.3 is 5.97 Å². The summed E-state index contributed by atoms with van der Waals surface area (Å²) in [7, 11) is 0. The number of aromatic carboxylic acids is 1. The van der Waals surface area contributed by atoms with E-state index in [0.717, 1.165) is 10.6 Å². The smallest absolute Gasteiger partial charge is 0.337 e. The number of hydrogen-bond acceptors (Lipinski definition) is 4. The first-order chi connectivity index (χ1) is 8.25. The van der Waals surface area contributed by atoms with Crippen molar-refractivity contribution in [1.29, 1.82) is 0 Å². The summed E-state index contributed by atoms with van der Waals surface area (Å²) in [5.74, 6) is -0.241. The first-order valence-corrected chi connectivity index (χ1v) is 5.95. The highest BCUT2D eigenvalue weighted by atomic mass is 32.2. The third-order valence-electron chi connectivity index (χ3n) is 2.11. The third-order valence-corrected chi connectivity index (χ3v) is 3.15. The van der Waals surface area contributed by atoms with Crippen LogP contribution in [-0.4, -0.2) is 21.0 Å². The van der Waals surface area contributed by atoms with Crippen LogP contribution in [0.5, 0.6) is 0 Å². The van der Waals surface area contributed by atoms with Crippen molar-refractivity contribution in [2.45, 2.75) is 10.6 Å². The number of carboxylic acid groups (broad SMARTS) is 1. The Hall–Kier alpha value is -1.88. The molecule has 0 aromatic carbocycles. The molecule has 0 radical (unpaired) electrons. The van der Waals surface area contributed by atoms with Gasteiger partial charge in [-0.05, 0) is 24.3 Å². The molecule has 2 rings (SSSR count). The van der Waals surface area contributed by atoms with E-state index in [9.17, 15) is 4.79 Å². The molecule has 2 aromatic rings. The summed E-state index contributed by atoms with van der Waals surface area (Å²) in [4.78, 5) is 19.8. The molecule has 0 fully saturated rings. The fourth-order valence-corrected chi connectivity index (χ4v) is 2.03. The first-order valence-electron chi connectivity index (χ1n) is 4.97. The number of thioether (sulfide) groups is 1. The Balaban J connectivity index is 1.98. The molecule has 86 valence electrons. The molecular formula is C12H10N2O2S. The zero-order valence-corrected chi connectivity index (χ0v) is 9.72. The number of hydrogen-bond donors (Lipinski definition) is 1. The van der Waals surface area contributed by atoms with Crippen molar-refractivity contribution in [2.24, 2.45) is 0 Å². The lowest BCUT2D eigenvalue weighted by molar-refractivity contribution is 0.0696.